The molecule has 2 aliphatic rings. The molecular weight excluding hydrogens is 250 g/mol. The second kappa shape index (κ2) is 5.45. The highest BCUT2D eigenvalue weighted by Crippen LogP contribution is 2.32. The molecule has 0 aromatic rings. The molecular formula is C12H25N3O2S. The maximum atomic E-state index is 12.3. The molecule has 2 atom stereocenters. The third kappa shape index (κ3) is 3.04. The Bertz CT molecular complexity index is 379. The molecule has 3 N–H and O–H groups in total. The quantitative estimate of drug-likeness (QED) is 0.798. The SMILES string of the molecule is CC1CCCC(CN)(NS(=O)(=O)N2CCCC2)C1. The summed E-state index contributed by atoms with van der Waals surface area (Å²) in [6, 6.07) is 0. The fraction of sp³-hybridized carbons (Fsp3) is 1.00. The van der Waals surface area contributed by atoms with E-state index in [1.807, 2.05) is 0 Å². The fourth-order valence-electron chi connectivity index (χ4n) is 3.25. The lowest BCUT2D eigenvalue weighted by Crippen LogP contribution is -2.58. The van der Waals surface area contributed by atoms with Crippen LogP contribution in [0.4, 0.5) is 0 Å². The van der Waals surface area contributed by atoms with Gasteiger partial charge in [-0.15, -0.1) is 0 Å². The molecule has 0 amide bonds. The normalized spacial score (nSPS) is 34.9. The number of hydrogen-bond acceptors (Lipinski definition) is 3. The van der Waals surface area contributed by atoms with Gasteiger partial charge in [0.2, 0.25) is 0 Å². The molecule has 1 saturated carbocycles. The molecule has 1 heterocycles. The third-order valence-corrected chi connectivity index (χ3v) is 5.97. The molecule has 106 valence electrons. The molecule has 6 heteroatoms. The summed E-state index contributed by atoms with van der Waals surface area (Å²) in [6.45, 7) is 3.86. The van der Waals surface area contributed by atoms with E-state index >= 15 is 0 Å². The van der Waals surface area contributed by atoms with Gasteiger partial charge in [-0.25, -0.2) is 0 Å². The molecule has 1 saturated heterocycles. The van der Waals surface area contributed by atoms with Crippen LogP contribution in [0.15, 0.2) is 0 Å². The molecule has 0 spiro atoms. The van der Waals surface area contributed by atoms with Crippen LogP contribution in [0.25, 0.3) is 0 Å². The Labute approximate surface area is 110 Å². The molecule has 0 bridgehead atoms. The van der Waals surface area contributed by atoms with Crippen LogP contribution in [-0.2, 0) is 10.2 Å². The maximum Gasteiger partial charge on any atom is 0.279 e. The van der Waals surface area contributed by atoms with Crippen molar-refractivity contribution in [3.63, 3.8) is 0 Å². The Morgan fingerprint density at radius 1 is 1.33 bits per heavy atom. The van der Waals surface area contributed by atoms with Crippen LogP contribution in [0.2, 0.25) is 0 Å². The van der Waals surface area contributed by atoms with Gasteiger partial charge in [-0.3, -0.25) is 0 Å². The van der Waals surface area contributed by atoms with Crippen LogP contribution in [0.3, 0.4) is 0 Å². The van der Waals surface area contributed by atoms with E-state index < -0.39 is 15.7 Å². The van der Waals surface area contributed by atoms with Crippen LogP contribution in [0.5, 0.6) is 0 Å². The zero-order chi connectivity index (χ0) is 13.2. The van der Waals surface area contributed by atoms with Crippen molar-refractivity contribution in [3.8, 4) is 0 Å². The van der Waals surface area contributed by atoms with Crippen LogP contribution in [-0.4, -0.2) is 37.9 Å². The van der Waals surface area contributed by atoms with Gasteiger partial charge in [0.25, 0.3) is 10.2 Å². The van der Waals surface area contributed by atoms with E-state index in [9.17, 15) is 8.42 Å². The first kappa shape index (κ1) is 14.2. The monoisotopic (exact) mass is 275 g/mol. The lowest BCUT2D eigenvalue weighted by atomic mass is 9.77. The van der Waals surface area contributed by atoms with E-state index in [4.69, 9.17) is 5.73 Å². The summed E-state index contributed by atoms with van der Waals surface area (Å²) in [5, 5.41) is 0. The van der Waals surface area contributed by atoms with E-state index in [1.54, 1.807) is 4.31 Å². The summed E-state index contributed by atoms with van der Waals surface area (Å²) in [7, 11) is -3.35. The summed E-state index contributed by atoms with van der Waals surface area (Å²) < 4.78 is 29.1. The number of nitrogens with one attached hydrogen (secondary N) is 1. The molecule has 0 aromatic heterocycles. The van der Waals surface area contributed by atoms with Crippen molar-refractivity contribution >= 4 is 10.2 Å². The van der Waals surface area contributed by atoms with Gasteiger partial charge in [0.15, 0.2) is 0 Å². The number of rotatable bonds is 4. The highest BCUT2D eigenvalue weighted by atomic mass is 32.2. The first-order valence-corrected chi connectivity index (χ1v) is 8.41. The Balaban J connectivity index is 2.09. The molecule has 18 heavy (non-hydrogen) atoms. The molecule has 5 nitrogen and oxygen atoms in total. The van der Waals surface area contributed by atoms with Gasteiger partial charge in [-0.2, -0.15) is 17.4 Å². The molecule has 2 rings (SSSR count). The smallest absolute Gasteiger partial charge is 0.279 e. The molecule has 1 aliphatic heterocycles. The van der Waals surface area contributed by atoms with Crippen molar-refractivity contribution < 1.29 is 8.42 Å². The van der Waals surface area contributed by atoms with Crippen molar-refractivity contribution in [2.45, 2.75) is 51.0 Å². The van der Waals surface area contributed by atoms with Gasteiger partial charge in [0, 0.05) is 25.2 Å². The van der Waals surface area contributed by atoms with Gasteiger partial charge in [-0.1, -0.05) is 19.8 Å². The molecule has 1 aliphatic carbocycles. The fourth-order valence-corrected chi connectivity index (χ4v) is 4.93. The largest absolute Gasteiger partial charge is 0.329 e. The Kier molecular flexibility index (Phi) is 4.31. The molecule has 0 radical (unpaired) electrons. The lowest BCUT2D eigenvalue weighted by Gasteiger charge is -2.40. The van der Waals surface area contributed by atoms with Gasteiger partial charge < -0.3 is 5.73 Å². The molecule has 2 fully saturated rings. The summed E-state index contributed by atoms with van der Waals surface area (Å²) in [5.41, 5.74) is 5.44. The maximum absolute atomic E-state index is 12.3. The summed E-state index contributed by atoms with van der Waals surface area (Å²) >= 11 is 0. The Hall–Kier alpha value is -0.170. The second-order valence-electron chi connectivity index (χ2n) is 5.90. The van der Waals surface area contributed by atoms with Crippen LogP contribution in [0, 0.1) is 5.92 Å². The number of nitrogens with zero attached hydrogens (tertiary/aromatic N) is 1. The van der Waals surface area contributed by atoms with Crippen molar-refractivity contribution in [2.24, 2.45) is 11.7 Å². The average molecular weight is 275 g/mol. The van der Waals surface area contributed by atoms with E-state index in [0.29, 0.717) is 25.6 Å². The Morgan fingerprint density at radius 3 is 2.56 bits per heavy atom. The zero-order valence-corrected chi connectivity index (χ0v) is 12.0. The number of nitrogens with two attached hydrogens (primary N) is 1. The summed E-state index contributed by atoms with van der Waals surface area (Å²) in [5.74, 6) is 0.545. The zero-order valence-electron chi connectivity index (χ0n) is 11.2. The second-order valence-corrected chi connectivity index (χ2v) is 7.57. The first-order valence-electron chi connectivity index (χ1n) is 6.97. The van der Waals surface area contributed by atoms with E-state index in [2.05, 4.69) is 11.6 Å². The van der Waals surface area contributed by atoms with Crippen molar-refractivity contribution in [1.29, 1.82) is 0 Å². The van der Waals surface area contributed by atoms with Crippen LogP contribution < -0.4 is 10.5 Å². The van der Waals surface area contributed by atoms with Crippen molar-refractivity contribution in [2.75, 3.05) is 19.6 Å². The lowest BCUT2D eigenvalue weighted by molar-refractivity contribution is 0.219. The van der Waals surface area contributed by atoms with Crippen LogP contribution in [0.1, 0.15) is 45.4 Å². The topological polar surface area (TPSA) is 75.4 Å². The van der Waals surface area contributed by atoms with Crippen molar-refractivity contribution in [1.82, 2.24) is 9.03 Å². The van der Waals surface area contributed by atoms with E-state index in [1.165, 1.54) is 6.42 Å². The highest BCUT2D eigenvalue weighted by Gasteiger charge is 2.39. The minimum absolute atomic E-state index is 0.393. The average Bonchev–Trinajstić information content (AvgIpc) is 2.82. The van der Waals surface area contributed by atoms with Gasteiger partial charge >= 0.3 is 0 Å². The van der Waals surface area contributed by atoms with Crippen molar-refractivity contribution in [3.05, 3.63) is 0 Å². The van der Waals surface area contributed by atoms with Gasteiger partial charge in [0.1, 0.15) is 0 Å². The van der Waals surface area contributed by atoms with E-state index in [0.717, 1.165) is 32.1 Å². The molecule has 2 unspecified atom stereocenters. The minimum atomic E-state index is -3.35. The highest BCUT2D eigenvalue weighted by molar-refractivity contribution is 7.87. The van der Waals surface area contributed by atoms with Crippen LogP contribution >= 0.6 is 0 Å². The standard InChI is InChI=1S/C12H25N3O2S/c1-11-5-4-6-12(9-11,10-13)14-18(16,17)15-7-2-3-8-15/h11,14H,2-10,13H2,1H3. The Morgan fingerprint density at radius 2 is 2.00 bits per heavy atom. The predicted octanol–water partition coefficient (Wildman–Crippen LogP) is 0.824. The van der Waals surface area contributed by atoms with Gasteiger partial charge in [0.05, 0.1) is 0 Å². The minimum Gasteiger partial charge on any atom is -0.329 e. The summed E-state index contributed by atoms with van der Waals surface area (Å²) in [6.07, 6.45) is 5.88. The third-order valence-electron chi connectivity index (χ3n) is 4.23. The first-order chi connectivity index (χ1) is 8.47. The number of hydrogen-bond donors (Lipinski definition) is 2. The summed E-state index contributed by atoms with van der Waals surface area (Å²) in [4.78, 5) is 0. The van der Waals surface area contributed by atoms with Gasteiger partial charge in [-0.05, 0) is 31.6 Å². The van der Waals surface area contributed by atoms with E-state index in [-0.39, 0.29) is 0 Å². The molecule has 0 aromatic carbocycles. The predicted molar refractivity (Wildman–Crippen MR) is 72.3 cm³/mol.